The second-order valence-electron chi connectivity index (χ2n) is 7.42. The summed E-state index contributed by atoms with van der Waals surface area (Å²) in [5.41, 5.74) is 2.56. The van der Waals surface area contributed by atoms with Crippen molar-refractivity contribution in [3.05, 3.63) is 101 Å². The second kappa shape index (κ2) is 9.99. The van der Waals surface area contributed by atoms with Crippen molar-refractivity contribution in [2.24, 2.45) is 0 Å². The zero-order valence-corrected chi connectivity index (χ0v) is 18.1. The minimum atomic E-state index is -0.459. The van der Waals surface area contributed by atoms with Crippen LogP contribution in [0.5, 0.6) is 11.5 Å². The molecular weight excluding hydrogens is 423 g/mol. The summed E-state index contributed by atoms with van der Waals surface area (Å²) in [6.07, 6.45) is 1.61. The van der Waals surface area contributed by atoms with E-state index in [0.29, 0.717) is 23.7 Å². The molecule has 168 valence electrons. The highest BCUT2D eigenvalue weighted by atomic mass is 19.1. The van der Waals surface area contributed by atoms with E-state index in [1.54, 1.807) is 36.4 Å². The fourth-order valence-corrected chi connectivity index (χ4v) is 3.39. The molecule has 1 saturated heterocycles. The molecule has 0 saturated carbocycles. The quantitative estimate of drug-likeness (QED) is 0.395. The number of nitrogens with one attached hydrogen (secondary N) is 1. The lowest BCUT2D eigenvalue weighted by atomic mass is 10.1. The Labute approximate surface area is 191 Å². The molecule has 0 spiro atoms. The number of imide groups is 1. The molecule has 1 aliphatic heterocycles. The van der Waals surface area contributed by atoms with E-state index in [9.17, 15) is 14.0 Å². The number of halogens is 1. The number of carbonyl (C=O) groups is 2. The van der Waals surface area contributed by atoms with Crippen LogP contribution in [0.4, 0.5) is 9.18 Å². The van der Waals surface area contributed by atoms with Gasteiger partial charge in [0.2, 0.25) is 0 Å². The summed E-state index contributed by atoms with van der Waals surface area (Å²) in [5, 5.41) is 2.64. The average molecular weight is 446 g/mol. The van der Waals surface area contributed by atoms with Gasteiger partial charge in [0.15, 0.2) is 11.5 Å². The number of amides is 3. The van der Waals surface area contributed by atoms with Gasteiger partial charge in [0.25, 0.3) is 5.91 Å². The van der Waals surface area contributed by atoms with Crippen LogP contribution in [0.15, 0.2) is 78.5 Å². The summed E-state index contributed by atoms with van der Waals surface area (Å²) in [5.74, 6) is 0.336. The number of hydrogen-bond acceptors (Lipinski definition) is 4. The highest BCUT2D eigenvalue weighted by molar-refractivity contribution is 6.13. The van der Waals surface area contributed by atoms with Gasteiger partial charge in [-0.15, -0.1) is 0 Å². The van der Waals surface area contributed by atoms with Crippen LogP contribution in [0.25, 0.3) is 6.08 Å². The molecule has 0 aromatic heterocycles. The summed E-state index contributed by atoms with van der Waals surface area (Å²) >= 11 is 0. The van der Waals surface area contributed by atoms with Gasteiger partial charge in [-0.2, -0.15) is 0 Å². The Hall–Kier alpha value is -4.13. The van der Waals surface area contributed by atoms with Gasteiger partial charge in [-0.05, 0) is 54.0 Å². The normalized spacial score (nSPS) is 14.5. The van der Waals surface area contributed by atoms with Crippen LogP contribution in [-0.4, -0.2) is 23.4 Å². The lowest BCUT2D eigenvalue weighted by molar-refractivity contribution is -0.123. The van der Waals surface area contributed by atoms with E-state index < -0.39 is 11.9 Å². The third kappa shape index (κ3) is 5.38. The maximum atomic E-state index is 13.1. The average Bonchev–Trinajstić information content (AvgIpc) is 3.08. The maximum Gasteiger partial charge on any atom is 0.329 e. The minimum absolute atomic E-state index is 0.193. The molecular formula is C26H23FN2O4. The zero-order chi connectivity index (χ0) is 23.2. The lowest BCUT2D eigenvalue weighted by Gasteiger charge is -2.13. The fourth-order valence-electron chi connectivity index (χ4n) is 3.39. The number of hydrogen-bond donors (Lipinski definition) is 1. The first-order chi connectivity index (χ1) is 16.0. The molecule has 1 heterocycles. The van der Waals surface area contributed by atoms with Crippen molar-refractivity contribution < 1.29 is 23.5 Å². The fraction of sp³-hybridized carbons (Fsp3) is 0.154. The Balaban J connectivity index is 1.50. The topological polar surface area (TPSA) is 67.9 Å². The summed E-state index contributed by atoms with van der Waals surface area (Å²) in [6, 6.07) is 20.2. The summed E-state index contributed by atoms with van der Waals surface area (Å²) in [6.45, 7) is 2.73. The van der Waals surface area contributed by atoms with Gasteiger partial charge in [0, 0.05) is 0 Å². The number of benzene rings is 3. The van der Waals surface area contributed by atoms with E-state index in [-0.39, 0.29) is 24.7 Å². The highest BCUT2D eigenvalue weighted by Gasteiger charge is 2.33. The predicted octanol–water partition coefficient (Wildman–Crippen LogP) is 4.90. The molecule has 1 aliphatic rings. The molecule has 0 radical (unpaired) electrons. The third-order valence-electron chi connectivity index (χ3n) is 5.03. The third-order valence-corrected chi connectivity index (χ3v) is 5.03. The minimum Gasteiger partial charge on any atom is -0.490 e. The molecule has 0 unspecified atom stereocenters. The molecule has 7 heteroatoms. The Morgan fingerprint density at radius 2 is 1.67 bits per heavy atom. The largest absolute Gasteiger partial charge is 0.490 e. The van der Waals surface area contributed by atoms with Gasteiger partial charge in [-0.1, -0.05) is 48.5 Å². The monoisotopic (exact) mass is 446 g/mol. The number of nitrogens with zero attached hydrogens (tertiary/aromatic N) is 1. The summed E-state index contributed by atoms with van der Waals surface area (Å²) in [4.78, 5) is 26.3. The van der Waals surface area contributed by atoms with Crippen LogP contribution in [0.2, 0.25) is 0 Å². The number of carbonyl (C=O) groups excluding carboxylic acids is 2. The van der Waals surface area contributed by atoms with E-state index in [0.717, 1.165) is 11.1 Å². The molecule has 0 aliphatic carbocycles. The van der Waals surface area contributed by atoms with Crippen molar-refractivity contribution in [2.75, 3.05) is 6.61 Å². The van der Waals surface area contributed by atoms with Gasteiger partial charge < -0.3 is 14.8 Å². The molecule has 33 heavy (non-hydrogen) atoms. The number of urea groups is 1. The smallest absolute Gasteiger partial charge is 0.329 e. The SMILES string of the molecule is CCOc1cc(C=C2NC(=O)N(Cc3ccccc3)C2=O)ccc1OCc1ccc(F)cc1. The van der Waals surface area contributed by atoms with E-state index in [2.05, 4.69) is 5.32 Å². The van der Waals surface area contributed by atoms with Gasteiger partial charge in [0.05, 0.1) is 13.2 Å². The Bertz CT molecular complexity index is 1180. The Kier molecular flexibility index (Phi) is 6.69. The molecule has 6 nitrogen and oxygen atoms in total. The molecule has 1 fully saturated rings. The van der Waals surface area contributed by atoms with Crippen LogP contribution in [0, 0.1) is 5.82 Å². The molecule has 1 N–H and O–H groups in total. The lowest BCUT2D eigenvalue weighted by Crippen LogP contribution is -2.30. The van der Waals surface area contributed by atoms with Crippen molar-refractivity contribution in [3.8, 4) is 11.5 Å². The first-order valence-electron chi connectivity index (χ1n) is 10.6. The molecule has 4 rings (SSSR count). The van der Waals surface area contributed by atoms with Crippen LogP contribution in [0.3, 0.4) is 0 Å². The number of rotatable bonds is 8. The van der Waals surface area contributed by atoms with Gasteiger partial charge >= 0.3 is 6.03 Å². The molecule has 3 aromatic rings. The van der Waals surface area contributed by atoms with Crippen molar-refractivity contribution in [2.45, 2.75) is 20.1 Å². The van der Waals surface area contributed by atoms with Gasteiger partial charge in [0.1, 0.15) is 18.1 Å². The van der Waals surface area contributed by atoms with Crippen LogP contribution in [-0.2, 0) is 17.9 Å². The Morgan fingerprint density at radius 1 is 0.909 bits per heavy atom. The molecule has 3 amide bonds. The van der Waals surface area contributed by atoms with Crippen LogP contribution in [0.1, 0.15) is 23.6 Å². The van der Waals surface area contributed by atoms with Crippen molar-refractivity contribution in [1.82, 2.24) is 10.2 Å². The van der Waals surface area contributed by atoms with E-state index in [4.69, 9.17) is 9.47 Å². The van der Waals surface area contributed by atoms with Crippen LogP contribution >= 0.6 is 0 Å². The van der Waals surface area contributed by atoms with E-state index >= 15 is 0 Å². The van der Waals surface area contributed by atoms with Crippen molar-refractivity contribution in [1.29, 1.82) is 0 Å². The highest BCUT2D eigenvalue weighted by Crippen LogP contribution is 2.30. The van der Waals surface area contributed by atoms with Gasteiger partial charge in [-0.3, -0.25) is 9.69 Å². The van der Waals surface area contributed by atoms with Crippen LogP contribution < -0.4 is 14.8 Å². The van der Waals surface area contributed by atoms with E-state index in [1.807, 2.05) is 37.3 Å². The van der Waals surface area contributed by atoms with Crippen molar-refractivity contribution >= 4 is 18.0 Å². The summed E-state index contributed by atoms with van der Waals surface area (Å²) < 4.78 is 24.6. The first kappa shape index (κ1) is 22.1. The van der Waals surface area contributed by atoms with E-state index in [1.165, 1.54) is 17.0 Å². The first-order valence-corrected chi connectivity index (χ1v) is 10.6. The second-order valence-corrected chi connectivity index (χ2v) is 7.42. The standard InChI is InChI=1S/C26H23FN2O4/c1-2-32-24-15-20(10-13-23(24)33-17-19-8-11-21(27)12-9-19)14-22-25(30)29(26(31)28-22)16-18-6-4-3-5-7-18/h3-15H,2,16-17H2,1H3,(H,28,31). The maximum absolute atomic E-state index is 13.1. The number of ether oxygens (including phenoxy) is 2. The summed E-state index contributed by atoms with van der Waals surface area (Å²) in [7, 11) is 0. The Morgan fingerprint density at radius 3 is 2.39 bits per heavy atom. The molecule has 0 bridgehead atoms. The molecule has 3 aromatic carbocycles. The molecule has 0 atom stereocenters. The zero-order valence-electron chi connectivity index (χ0n) is 18.1. The van der Waals surface area contributed by atoms with Crippen molar-refractivity contribution in [3.63, 3.8) is 0 Å². The predicted molar refractivity (Wildman–Crippen MR) is 122 cm³/mol. The van der Waals surface area contributed by atoms with Gasteiger partial charge in [-0.25, -0.2) is 9.18 Å².